The van der Waals surface area contributed by atoms with Crippen LogP contribution in [0.3, 0.4) is 0 Å². The molecule has 4 aromatic rings. The maximum Gasteiger partial charge on any atom is 0.257 e. The van der Waals surface area contributed by atoms with Crippen molar-refractivity contribution in [3.05, 3.63) is 81.2 Å². The van der Waals surface area contributed by atoms with E-state index in [9.17, 15) is 4.79 Å². The van der Waals surface area contributed by atoms with E-state index in [4.69, 9.17) is 0 Å². The number of hydrogen-bond donors (Lipinski definition) is 1. The van der Waals surface area contributed by atoms with E-state index in [1.54, 1.807) is 28.9 Å². The summed E-state index contributed by atoms with van der Waals surface area (Å²) in [6, 6.07) is 13.9. The fraction of sp³-hybridized carbons (Fsp3) is 0.143. The van der Waals surface area contributed by atoms with Gasteiger partial charge in [0.2, 0.25) is 0 Å². The van der Waals surface area contributed by atoms with E-state index >= 15 is 0 Å². The summed E-state index contributed by atoms with van der Waals surface area (Å²) in [6.45, 7) is 4.84. The fourth-order valence-corrected chi connectivity index (χ4v) is 4.46. The second-order valence-electron chi connectivity index (χ2n) is 6.32. The average molecular weight is 394 g/mol. The monoisotopic (exact) mass is 393 g/mol. The van der Waals surface area contributed by atoms with Gasteiger partial charge in [-0.05, 0) is 43.5 Å². The van der Waals surface area contributed by atoms with Gasteiger partial charge in [0, 0.05) is 39.1 Å². The van der Waals surface area contributed by atoms with Gasteiger partial charge in [0.25, 0.3) is 5.91 Å². The lowest BCUT2D eigenvalue weighted by molar-refractivity contribution is 0.102. The van der Waals surface area contributed by atoms with Crippen LogP contribution >= 0.6 is 22.7 Å². The molecule has 27 heavy (non-hydrogen) atoms. The highest BCUT2D eigenvalue weighted by molar-refractivity contribution is 7.13. The van der Waals surface area contributed by atoms with Crippen molar-refractivity contribution in [1.29, 1.82) is 0 Å². The molecule has 0 bridgehead atoms. The number of rotatable bonds is 5. The molecule has 6 heteroatoms. The summed E-state index contributed by atoms with van der Waals surface area (Å²) < 4.78 is 2.19. The smallest absolute Gasteiger partial charge is 0.257 e. The molecule has 0 aliphatic heterocycles. The van der Waals surface area contributed by atoms with Crippen molar-refractivity contribution in [1.82, 2.24) is 9.55 Å². The Balaban J connectivity index is 1.56. The van der Waals surface area contributed by atoms with E-state index in [-0.39, 0.29) is 5.91 Å². The first kappa shape index (κ1) is 17.7. The zero-order chi connectivity index (χ0) is 18.8. The number of nitrogens with one attached hydrogen (secondary N) is 1. The Bertz CT molecular complexity index is 1060. The van der Waals surface area contributed by atoms with Gasteiger partial charge in [0.15, 0.2) is 0 Å². The standard InChI is InChI=1S/C21H19N3OS2/c1-14-11-19(15(2)24(14)13-18-7-4-9-26-18)20(25)23-17-6-3-5-16(12-17)21-22-8-10-27-21/h3-12H,13H2,1-2H3,(H,23,25). The summed E-state index contributed by atoms with van der Waals surface area (Å²) in [6.07, 6.45) is 1.79. The van der Waals surface area contributed by atoms with Crippen LogP contribution in [0.25, 0.3) is 10.6 Å². The van der Waals surface area contributed by atoms with Crippen molar-refractivity contribution < 1.29 is 4.79 Å². The molecule has 0 saturated carbocycles. The summed E-state index contributed by atoms with van der Waals surface area (Å²) in [7, 11) is 0. The number of hydrogen-bond acceptors (Lipinski definition) is 4. The third-order valence-electron chi connectivity index (χ3n) is 4.51. The largest absolute Gasteiger partial charge is 0.343 e. The molecule has 0 aliphatic rings. The van der Waals surface area contributed by atoms with Crippen LogP contribution in [0.2, 0.25) is 0 Å². The molecule has 0 fully saturated rings. The number of aryl methyl sites for hydroxylation is 1. The van der Waals surface area contributed by atoms with Gasteiger partial charge >= 0.3 is 0 Å². The quantitative estimate of drug-likeness (QED) is 0.480. The van der Waals surface area contributed by atoms with E-state index in [0.717, 1.165) is 34.2 Å². The van der Waals surface area contributed by atoms with Gasteiger partial charge in [-0.3, -0.25) is 4.79 Å². The lowest BCUT2D eigenvalue weighted by Crippen LogP contribution is -2.13. The molecule has 0 radical (unpaired) electrons. The second-order valence-corrected chi connectivity index (χ2v) is 8.25. The highest BCUT2D eigenvalue weighted by Gasteiger charge is 2.16. The molecule has 0 atom stereocenters. The third-order valence-corrected chi connectivity index (χ3v) is 6.20. The molecule has 0 spiro atoms. The second kappa shape index (κ2) is 7.50. The Hall–Kier alpha value is -2.70. The lowest BCUT2D eigenvalue weighted by Gasteiger charge is -2.09. The molecule has 4 nitrogen and oxygen atoms in total. The Kier molecular flexibility index (Phi) is 4.92. The number of carbonyl (C=O) groups is 1. The molecule has 0 aliphatic carbocycles. The number of thiazole rings is 1. The molecule has 136 valence electrons. The number of amides is 1. The van der Waals surface area contributed by atoms with Gasteiger partial charge in [0.05, 0.1) is 12.1 Å². The lowest BCUT2D eigenvalue weighted by atomic mass is 10.2. The third kappa shape index (κ3) is 3.72. The average Bonchev–Trinajstić information content (AvgIpc) is 3.41. The molecule has 0 saturated heterocycles. The van der Waals surface area contributed by atoms with Crippen molar-refractivity contribution in [2.75, 3.05) is 5.32 Å². The van der Waals surface area contributed by atoms with Crippen LogP contribution < -0.4 is 5.32 Å². The Labute approximate surface area is 166 Å². The Morgan fingerprint density at radius 1 is 1.11 bits per heavy atom. The number of anilines is 1. The minimum absolute atomic E-state index is 0.0863. The Morgan fingerprint density at radius 3 is 2.74 bits per heavy atom. The number of carbonyl (C=O) groups excluding carboxylic acids is 1. The van der Waals surface area contributed by atoms with Gasteiger partial charge in [-0.2, -0.15) is 0 Å². The van der Waals surface area contributed by atoms with Gasteiger partial charge in [0.1, 0.15) is 5.01 Å². The molecule has 1 aromatic carbocycles. The van der Waals surface area contributed by atoms with Gasteiger partial charge in [-0.25, -0.2) is 4.98 Å². The van der Waals surface area contributed by atoms with E-state index in [0.29, 0.717) is 5.56 Å². The molecule has 1 N–H and O–H groups in total. The summed E-state index contributed by atoms with van der Waals surface area (Å²) in [4.78, 5) is 18.5. The fourth-order valence-electron chi connectivity index (χ4n) is 3.13. The summed E-state index contributed by atoms with van der Waals surface area (Å²) in [5.74, 6) is -0.0863. The molecule has 3 aromatic heterocycles. The van der Waals surface area contributed by atoms with Crippen molar-refractivity contribution in [2.45, 2.75) is 20.4 Å². The van der Waals surface area contributed by atoms with Crippen LogP contribution in [0.4, 0.5) is 5.69 Å². The molecule has 1 amide bonds. The minimum atomic E-state index is -0.0863. The summed E-state index contributed by atoms with van der Waals surface area (Å²) >= 11 is 3.31. The predicted molar refractivity (Wildman–Crippen MR) is 113 cm³/mol. The first-order valence-electron chi connectivity index (χ1n) is 8.62. The number of thiophene rings is 1. The molecule has 0 unspecified atom stereocenters. The number of nitrogens with zero attached hydrogens (tertiary/aromatic N) is 2. The SMILES string of the molecule is Cc1cc(C(=O)Nc2cccc(-c3nccs3)c2)c(C)n1Cc1cccs1. The van der Waals surface area contributed by atoms with Gasteiger partial charge in [-0.15, -0.1) is 22.7 Å². The van der Waals surface area contributed by atoms with Crippen LogP contribution in [-0.2, 0) is 6.54 Å². The predicted octanol–water partition coefficient (Wildman–Crippen LogP) is 5.59. The molecular weight excluding hydrogens is 374 g/mol. The van der Waals surface area contributed by atoms with E-state index < -0.39 is 0 Å². The van der Waals surface area contributed by atoms with Crippen molar-refractivity contribution in [3.63, 3.8) is 0 Å². The number of aromatic nitrogens is 2. The van der Waals surface area contributed by atoms with Crippen LogP contribution in [-0.4, -0.2) is 15.5 Å². The van der Waals surface area contributed by atoms with Crippen molar-refractivity contribution in [3.8, 4) is 10.6 Å². The van der Waals surface area contributed by atoms with Crippen LogP contribution in [0.5, 0.6) is 0 Å². The van der Waals surface area contributed by atoms with Crippen LogP contribution in [0.15, 0.2) is 59.4 Å². The maximum absolute atomic E-state index is 12.9. The highest BCUT2D eigenvalue weighted by Crippen LogP contribution is 2.25. The van der Waals surface area contributed by atoms with Crippen molar-refractivity contribution >= 4 is 34.3 Å². The van der Waals surface area contributed by atoms with E-state index in [2.05, 4.69) is 32.4 Å². The van der Waals surface area contributed by atoms with E-state index in [1.807, 2.05) is 49.6 Å². The zero-order valence-electron chi connectivity index (χ0n) is 15.1. The minimum Gasteiger partial charge on any atom is -0.343 e. The zero-order valence-corrected chi connectivity index (χ0v) is 16.7. The topological polar surface area (TPSA) is 46.9 Å². The van der Waals surface area contributed by atoms with Gasteiger partial charge in [-0.1, -0.05) is 18.2 Å². The first-order valence-corrected chi connectivity index (χ1v) is 10.4. The van der Waals surface area contributed by atoms with Crippen LogP contribution in [0.1, 0.15) is 26.6 Å². The molecule has 4 rings (SSSR count). The van der Waals surface area contributed by atoms with Gasteiger partial charge < -0.3 is 9.88 Å². The summed E-state index contributed by atoms with van der Waals surface area (Å²) in [5, 5.41) is 8.00. The van der Waals surface area contributed by atoms with Crippen LogP contribution in [0, 0.1) is 13.8 Å². The highest BCUT2D eigenvalue weighted by atomic mass is 32.1. The first-order chi connectivity index (χ1) is 13.1. The van der Waals surface area contributed by atoms with E-state index in [1.165, 1.54) is 4.88 Å². The normalized spacial score (nSPS) is 10.9. The number of benzene rings is 1. The molecular formula is C21H19N3OS2. The maximum atomic E-state index is 12.9. The van der Waals surface area contributed by atoms with Crippen molar-refractivity contribution in [2.24, 2.45) is 0 Å². The molecule has 3 heterocycles. The summed E-state index contributed by atoms with van der Waals surface area (Å²) in [5.41, 5.74) is 4.56. The Morgan fingerprint density at radius 2 is 2.00 bits per heavy atom.